The highest BCUT2D eigenvalue weighted by atomic mass is 35.5. The average Bonchev–Trinajstić information content (AvgIpc) is 3.47. The minimum Gasteiger partial charge on any atom is -0.385 e. The van der Waals surface area contributed by atoms with Crippen molar-refractivity contribution in [2.75, 3.05) is 17.2 Å². The standard InChI is InChI=1S/C21H25ClN4/c1-2-3-17-10-19(8-9-24-17)26-14-16(12-23)20-7-6-18(11-21(20)22)25-13-15-4-5-15/h6-12,14-15,23,25H,2-5,13H2,1H3,(H,24,26)/b16-14+,23-12?. The first kappa shape index (κ1) is 18.5. The van der Waals surface area contributed by atoms with E-state index in [4.69, 9.17) is 17.0 Å². The van der Waals surface area contributed by atoms with Gasteiger partial charge >= 0.3 is 0 Å². The van der Waals surface area contributed by atoms with Crippen LogP contribution in [-0.4, -0.2) is 17.7 Å². The summed E-state index contributed by atoms with van der Waals surface area (Å²) < 4.78 is 0. The molecule has 1 aliphatic rings. The third-order valence-electron chi connectivity index (χ3n) is 4.44. The highest BCUT2D eigenvalue weighted by Gasteiger charge is 2.20. The Bertz CT molecular complexity index is 796. The minimum atomic E-state index is 0.642. The lowest BCUT2D eigenvalue weighted by Crippen LogP contribution is -2.03. The molecule has 0 spiro atoms. The van der Waals surface area contributed by atoms with Gasteiger partial charge in [0.25, 0.3) is 0 Å². The van der Waals surface area contributed by atoms with Gasteiger partial charge < -0.3 is 16.0 Å². The molecule has 0 amide bonds. The molecule has 26 heavy (non-hydrogen) atoms. The van der Waals surface area contributed by atoms with Crippen molar-refractivity contribution in [3.63, 3.8) is 0 Å². The number of hydrogen-bond acceptors (Lipinski definition) is 4. The van der Waals surface area contributed by atoms with Crippen LogP contribution in [0, 0.1) is 11.3 Å². The quantitative estimate of drug-likeness (QED) is 0.504. The summed E-state index contributed by atoms with van der Waals surface area (Å²) in [7, 11) is 0. The Kier molecular flexibility index (Phi) is 6.29. The minimum absolute atomic E-state index is 0.642. The topological polar surface area (TPSA) is 60.8 Å². The van der Waals surface area contributed by atoms with Crippen molar-refractivity contribution in [3.05, 3.63) is 59.0 Å². The summed E-state index contributed by atoms with van der Waals surface area (Å²) in [6.07, 6.45) is 9.60. The number of hydrogen-bond donors (Lipinski definition) is 3. The van der Waals surface area contributed by atoms with Crippen molar-refractivity contribution < 1.29 is 0 Å². The number of nitrogens with zero attached hydrogens (tertiary/aromatic N) is 1. The normalized spacial score (nSPS) is 14.2. The molecular weight excluding hydrogens is 344 g/mol. The lowest BCUT2D eigenvalue weighted by Gasteiger charge is -2.10. The lowest BCUT2D eigenvalue weighted by atomic mass is 10.1. The second-order valence-corrected chi connectivity index (χ2v) is 7.10. The van der Waals surface area contributed by atoms with E-state index in [1.165, 1.54) is 19.1 Å². The summed E-state index contributed by atoms with van der Waals surface area (Å²) in [5.74, 6) is 0.813. The number of rotatable bonds is 9. The molecule has 0 saturated heterocycles. The summed E-state index contributed by atoms with van der Waals surface area (Å²) >= 11 is 6.46. The van der Waals surface area contributed by atoms with Crippen molar-refractivity contribution in [1.29, 1.82) is 5.41 Å². The smallest absolute Gasteiger partial charge is 0.0506 e. The number of anilines is 2. The van der Waals surface area contributed by atoms with Gasteiger partial charge in [-0.25, -0.2) is 0 Å². The fourth-order valence-corrected chi connectivity index (χ4v) is 3.05. The molecule has 1 aromatic heterocycles. The van der Waals surface area contributed by atoms with E-state index in [1.807, 2.05) is 36.5 Å². The molecule has 0 aliphatic heterocycles. The van der Waals surface area contributed by atoms with Gasteiger partial charge in [-0.15, -0.1) is 0 Å². The maximum Gasteiger partial charge on any atom is 0.0506 e. The number of allylic oxidation sites excluding steroid dienone is 1. The van der Waals surface area contributed by atoms with E-state index in [1.54, 1.807) is 6.20 Å². The van der Waals surface area contributed by atoms with Crippen LogP contribution in [0.3, 0.4) is 0 Å². The van der Waals surface area contributed by atoms with Crippen LogP contribution in [0.1, 0.15) is 37.4 Å². The van der Waals surface area contributed by atoms with Crippen molar-refractivity contribution in [3.8, 4) is 0 Å². The van der Waals surface area contributed by atoms with Crippen LogP contribution < -0.4 is 10.6 Å². The highest BCUT2D eigenvalue weighted by Crippen LogP contribution is 2.30. The van der Waals surface area contributed by atoms with Gasteiger partial charge in [0.2, 0.25) is 0 Å². The van der Waals surface area contributed by atoms with E-state index in [0.717, 1.165) is 53.5 Å². The first-order chi connectivity index (χ1) is 12.7. The van der Waals surface area contributed by atoms with Crippen molar-refractivity contribution >= 4 is 34.8 Å². The van der Waals surface area contributed by atoms with Gasteiger partial charge in [-0.3, -0.25) is 4.98 Å². The van der Waals surface area contributed by atoms with Crippen LogP contribution in [0.25, 0.3) is 5.57 Å². The molecule has 1 aromatic carbocycles. The van der Waals surface area contributed by atoms with E-state index < -0.39 is 0 Å². The number of nitrogens with one attached hydrogen (secondary N) is 3. The number of pyridine rings is 1. The molecule has 3 N–H and O–H groups in total. The molecule has 4 nitrogen and oxygen atoms in total. The Labute approximate surface area is 160 Å². The number of aryl methyl sites for hydroxylation is 1. The summed E-state index contributed by atoms with van der Waals surface area (Å²) in [5.41, 5.74) is 4.63. The number of aromatic nitrogens is 1. The summed E-state index contributed by atoms with van der Waals surface area (Å²) in [6, 6.07) is 9.87. The molecule has 0 unspecified atom stereocenters. The summed E-state index contributed by atoms with van der Waals surface area (Å²) in [6.45, 7) is 3.15. The molecule has 0 bridgehead atoms. The molecule has 5 heteroatoms. The molecule has 1 heterocycles. The first-order valence-electron chi connectivity index (χ1n) is 9.15. The van der Waals surface area contributed by atoms with Gasteiger partial charge in [-0.05, 0) is 49.4 Å². The van der Waals surface area contributed by atoms with Crippen molar-refractivity contribution in [2.24, 2.45) is 5.92 Å². The Hall–Kier alpha value is -2.33. The van der Waals surface area contributed by atoms with Crippen molar-refractivity contribution in [2.45, 2.75) is 32.6 Å². The first-order valence-corrected chi connectivity index (χ1v) is 9.53. The van der Waals surface area contributed by atoms with E-state index in [2.05, 4.69) is 22.5 Å². The molecule has 136 valence electrons. The Balaban J connectivity index is 1.71. The van der Waals surface area contributed by atoms with Crippen LogP contribution in [-0.2, 0) is 6.42 Å². The second kappa shape index (κ2) is 8.86. The summed E-state index contributed by atoms with van der Waals surface area (Å²) in [5, 5.41) is 15.1. The van der Waals surface area contributed by atoms with Gasteiger partial charge in [0.05, 0.1) is 5.02 Å². The number of halogens is 1. The molecule has 1 fully saturated rings. The zero-order valence-electron chi connectivity index (χ0n) is 15.1. The van der Waals surface area contributed by atoms with E-state index in [-0.39, 0.29) is 0 Å². The average molecular weight is 369 g/mol. The van der Waals surface area contributed by atoms with Crippen LogP contribution in [0.5, 0.6) is 0 Å². The molecule has 1 saturated carbocycles. The molecule has 0 atom stereocenters. The predicted octanol–water partition coefficient (Wildman–Crippen LogP) is 5.61. The Morgan fingerprint density at radius 2 is 2.12 bits per heavy atom. The zero-order chi connectivity index (χ0) is 18.4. The zero-order valence-corrected chi connectivity index (χ0v) is 15.8. The molecule has 2 aromatic rings. The van der Waals surface area contributed by atoms with Gasteiger partial charge in [0.1, 0.15) is 0 Å². The highest BCUT2D eigenvalue weighted by molar-refractivity contribution is 6.34. The van der Waals surface area contributed by atoms with Gasteiger partial charge in [0, 0.05) is 53.4 Å². The molecule has 0 radical (unpaired) electrons. The second-order valence-electron chi connectivity index (χ2n) is 6.69. The third-order valence-corrected chi connectivity index (χ3v) is 4.76. The monoisotopic (exact) mass is 368 g/mol. The van der Waals surface area contributed by atoms with Crippen LogP contribution in [0.4, 0.5) is 11.4 Å². The molecule has 1 aliphatic carbocycles. The maximum absolute atomic E-state index is 7.75. The predicted molar refractivity (Wildman–Crippen MR) is 111 cm³/mol. The van der Waals surface area contributed by atoms with Gasteiger partial charge in [0.15, 0.2) is 0 Å². The van der Waals surface area contributed by atoms with E-state index in [9.17, 15) is 0 Å². The van der Waals surface area contributed by atoms with Crippen LogP contribution in [0.15, 0.2) is 42.7 Å². The lowest BCUT2D eigenvalue weighted by molar-refractivity contribution is 0.883. The van der Waals surface area contributed by atoms with Gasteiger partial charge in [-0.1, -0.05) is 31.0 Å². The van der Waals surface area contributed by atoms with Crippen molar-refractivity contribution in [1.82, 2.24) is 4.98 Å². The largest absolute Gasteiger partial charge is 0.385 e. The fourth-order valence-electron chi connectivity index (χ4n) is 2.76. The number of benzene rings is 1. The van der Waals surface area contributed by atoms with Gasteiger partial charge in [-0.2, -0.15) is 0 Å². The SMILES string of the molecule is CCCc1cc(N/C=C(\C=N)c2ccc(NCC3CC3)cc2Cl)ccn1. The molecular formula is C21H25ClN4. The van der Waals surface area contributed by atoms with Crippen LogP contribution >= 0.6 is 11.6 Å². The third kappa shape index (κ3) is 5.09. The summed E-state index contributed by atoms with van der Waals surface area (Å²) in [4.78, 5) is 4.36. The maximum atomic E-state index is 7.75. The van der Waals surface area contributed by atoms with E-state index >= 15 is 0 Å². The molecule has 3 rings (SSSR count). The van der Waals surface area contributed by atoms with Crippen LogP contribution in [0.2, 0.25) is 5.02 Å². The Morgan fingerprint density at radius 1 is 1.27 bits per heavy atom. The Morgan fingerprint density at radius 3 is 2.81 bits per heavy atom. The fraction of sp³-hybridized carbons (Fsp3) is 0.333. The van der Waals surface area contributed by atoms with E-state index in [0.29, 0.717) is 5.02 Å².